The van der Waals surface area contributed by atoms with Crippen molar-refractivity contribution in [1.29, 1.82) is 0 Å². The molecule has 98 valence electrons. The van der Waals surface area contributed by atoms with Gasteiger partial charge in [-0.25, -0.2) is 0 Å². The first-order valence-corrected chi connectivity index (χ1v) is 6.15. The van der Waals surface area contributed by atoms with E-state index in [1.54, 1.807) is 19.1 Å². The molecule has 0 saturated carbocycles. The van der Waals surface area contributed by atoms with Gasteiger partial charge in [0.25, 0.3) is 5.69 Å². The van der Waals surface area contributed by atoms with E-state index in [0.29, 0.717) is 5.56 Å². The minimum absolute atomic E-state index is 0.120. The van der Waals surface area contributed by atoms with Gasteiger partial charge >= 0.3 is 0 Å². The lowest BCUT2D eigenvalue weighted by atomic mass is 10.0. The molecule has 0 fully saturated rings. The Kier molecular flexibility index (Phi) is 5.52. The quantitative estimate of drug-likeness (QED) is 0.362. The molecule has 1 unspecified atom stereocenters. The predicted molar refractivity (Wildman–Crippen MR) is 73.7 cm³/mol. The van der Waals surface area contributed by atoms with E-state index in [1.165, 1.54) is 0 Å². The molecule has 0 amide bonds. The lowest BCUT2D eigenvalue weighted by Crippen LogP contribution is -2.19. The highest BCUT2D eigenvalue weighted by Crippen LogP contribution is 2.23. The third-order valence-corrected chi connectivity index (χ3v) is 2.93. The van der Waals surface area contributed by atoms with Crippen LogP contribution in [-0.2, 0) is 0 Å². The van der Waals surface area contributed by atoms with E-state index in [0.717, 1.165) is 18.5 Å². The number of benzene rings is 1. The number of hydrogen-bond donors (Lipinski definition) is 1. The number of nitrogens with one attached hydrogen (secondary N) is 1. The van der Waals surface area contributed by atoms with Crippen molar-refractivity contribution in [1.82, 2.24) is 5.32 Å². The summed E-state index contributed by atoms with van der Waals surface area (Å²) >= 11 is 0. The van der Waals surface area contributed by atoms with Crippen molar-refractivity contribution >= 4 is 5.69 Å². The average Bonchev–Trinajstić information content (AvgIpc) is 2.34. The van der Waals surface area contributed by atoms with E-state index in [2.05, 4.69) is 11.4 Å². The first-order valence-electron chi connectivity index (χ1n) is 6.15. The van der Waals surface area contributed by atoms with Gasteiger partial charge < -0.3 is 5.32 Å². The monoisotopic (exact) mass is 248 g/mol. The largest absolute Gasteiger partial charge is 0.310 e. The topological polar surface area (TPSA) is 55.2 Å². The van der Waals surface area contributed by atoms with Gasteiger partial charge in [0.15, 0.2) is 0 Å². The average molecular weight is 248 g/mol. The molecule has 0 radical (unpaired) electrons. The van der Waals surface area contributed by atoms with Gasteiger partial charge in [-0.3, -0.25) is 10.1 Å². The summed E-state index contributed by atoms with van der Waals surface area (Å²) in [5.74, 6) is 0. The van der Waals surface area contributed by atoms with E-state index in [-0.39, 0.29) is 16.7 Å². The summed E-state index contributed by atoms with van der Waals surface area (Å²) in [5.41, 5.74) is 1.84. The van der Waals surface area contributed by atoms with Crippen LogP contribution in [0.4, 0.5) is 5.69 Å². The Hall–Kier alpha value is -1.68. The molecule has 1 N–H and O–H groups in total. The van der Waals surface area contributed by atoms with Crippen molar-refractivity contribution in [2.45, 2.75) is 33.2 Å². The van der Waals surface area contributed by atoms with Crippen molar-refractivity contribution < 1.29 is 4.92 Å². The van der Waals surface area contributed by atoms with Gasteiger partial charge in [-0.15, -0.1) is 0 Å². The van der Waals surface area contributed by atoms with Crippen molar-refractivity contribution in [3.63, 3.8) is 0 Å². The number of nitrogens with zero attached hydrogens (tertiary/aromatic N) is 1. The number of nitro benzene ring substituents is 1. The molecule has 18 heavy (non-hydrogen) atoms. The molecule has 0 aliphatic rings. The Morgan fingerprint density at radius 3 is 2.83 bits per heavy atom. The van der Waals surface area contributed by atoms with E-state index in [1.807, 2.05) is 26.0 Å². The van der Waals surface area contributed by atoms with Crippen molar-refractivity contribution in [2.75, 3.05) is 6.54 Å². The standard InChI is InChI=1S/C14H20N2O2/c1-4-5-6-9-15-12(3)13-8-7-11(2)14(10-13)16(17)18/h4-5,7-8,10,12,15H,6,9H2,1-3H3/b5-4+. The third-order valence-electron chi connectivity index (χ3n) is 2.93. The maximum absolute atomic E-state index is 10.9. The van der Waals surface area contributed by atoms with Crippen LogP contribution < -0.4 is 5.32 Å². The minimum atomic E-state index is -0.328. The summed E-state index contributed by atoms with van der Waals surface area (Å²) in [7, 11) is 0. The molecular weight excluding hydrogens is 228 g/mol. The number of aryl methyl sites for hydroxylation is 1. The van der Waals surface area contributed by atoms with E-state index >= 15 is 0 Å². The highest BCUT2D eigenvalue weighted by molar-refractivity contribution is 5.43. The second-order valence-electron chi connectivity index (χ2n) is 4.34. The van der Waals surface area contributed by atoms with Crippen molar-refractivity contribution in [3.05, 3.63) is 51.6 Å². The van der Waals surface area contributed by atoms with Crippen LogP contribution in [-0.4, -0.2) is 11.5 Å². The van der Waals surface area contributed by atoms with E-state index in [9.17, 15) is 10.1 Å². The zero-order chi connectivity index (χ0) is 13.5. The van der Waals surface area contributed by atoms with Gasteiger partial charge in [0.1, 0.15) is 0 Å². The fraction of sp³-hybridized carbons (Fsp3) is 0.429. The fourth-order valence-corrected chi connectivity index (χ4v) is 1.76. The smallest absolute Gasteiger partial charge is 0.272 e. The second kappa shape index (κ2) is 6.91. The van der Waals surface area contributed by atoms with Crippen LogP contribution in [0.25, 0.3) is 0 Å². The molecule has 4 nitrogen and oxygen atoms in total. The van der Waals surface area contributed by atoms with Crippen LogP contribution >= 0.6 is 0 Å². The summed E-state index contributed by atoms with van der Waals surface area (Å²) in [6.07, 6.45) is 5.08. The van der Waals surface area contributed by atoms with Gasteiger partial charge in [0.05, 0.1) is 4.92 Å². The number of rotatable bonds is 6. The number of hydrogen-bond acceptors (Lipinski definition) is 3. The van der Waals surface area contributed by atoms with Gasteiger partial charge in [-0.2, -0.15) is 0 Å². The minimum Gasteiger partial charge on any atom is -0.310 e. The normalized spacial score (nSPS) is 12.8. The highest BCUT2D eigenvalue weighted by Gasteiger charge is 2.13. The lowest BCUT2D eigenvalue weighted by Gasteiger charge is -2.13. The molecule has 4 heteroatoms. The van der Waals surface area contributed by atoms with Gasteiger partial charge in [0, 0.05) is 17.7 Å². The Labute approximate surface area is 108 Å². The first-order chi connectivity index (χ1) is 8.56. The summed E-state index contributed by atoms with van der Waals surface area (Å²) in [5, 5.41) is 14.2. The van der Waals surface area contributed by atoms with E-state index in [4.69, 9.17) is 0 Å². The Balaban J connectivity index is 2.71. The molecule has 1 aromatic rings. The molecule has 0 spiro atoms. The molecule has 0 aliphatic heterocycles. The van der Waals surface area contributed by atoms with Crippen LogP contribution in [0.3, 0.4) is 0 Å². The maximum Gasteiger partial charge on any atom is 0.272 e. The SMILES string of the molecule is C/C=C/CCNC(C)c1ccc(C)c([N+](=O)[O-])c1. The summed E-state index contributed by atoms with van der Waals surface area (Å²) in [6, 6.07) is 5.52. The maximum atomic E-state index is 10.9. The predicted octanol–water partition coefficient (Wildman–Crippen LogP) is 3.52. The van der Waals surface area contributed by atoms with Crippen LogP contribution in [0.15, 0.2) is 30.4 Å². The van der Waals surface area contributed by atoms with Gasteiger partial charge in [0.2, 0.25) is 0 Å². The molecule has 0 aliphatic carbocycles. The van der Waals surface area contributed by atoms with Crippen molar-refractivity contribution in [3.8, 4) is 0 Å². The summed E-state index contributed by atoms with van der Waals surface area (Å²) < 4.78 is 0. The Morgan fingerprint density at radius 1 is 1.50 bits per heavy atom. The fourth-order valence-electron chi connectivity index (χ4n) is 1.76. The third kappa shape index (κ3) is 3.96. The lowest BCUT2D eigenvalue weighted by molar-refractivity contribution is -0.385. The van der Waals surface area contributed by atoms with Gasteiger partial charge in [-0.1, -0.05) is 24.3 Å². The van der Waals surface area contributed by atoms with Crippen LogP contribution in [0.1, 0.15) is 37.4 Å². The highest BCUT2D eigenvalue weighted by atomic mass is 16.6. The molecular formula is C14H20N2O2. The van der Waals surface area contributed by atoms with Crippen LogP contribution in [0.2, 0.25) is 0 Å². The Morgan fingerprint density at radius 2 is 2.22 bits per heavy atom. The molecule has 1 aromatic carbocycles. The second-order valence-corrected chi connectivity index (χ2v) is 4.34. The molecule has 1 atom stereocenters. The van der Waals surface area contributed by atoms with Gasteiger partial charge in [-0.05, 0) is 39.3 Å². The first kappa shape index (κ1) is 14.4. The number of allylic oxidation sites excluding steroid dienone is 1. The molecule has 0 bridgehead atoms. The van der Waals surface area contributed by atoms with E-state index < -0.39 is 0 Å². The molecule has 0 heterocycles. The number of nitro groups is 1. The molecule has 0 aromatic heterocycles. The zero-order valence-corrected chi connectivity index (χ0v) is 11.1. The molecule has 0 saturated heterocycles. The van der Waals surface area contributed by atoms with Crippen LogP contribution in [0.5, 0.6) is 0 Å². The summed E-state index contributed by atoms with van der Waals surface area (Å²) in [6.45, 7) is 6.63. The van der Waals surface area contributed by atoms with Crippen LogP contribution in [0, 0.1) is 17.0 Å². The Bertz CT molecular complexity index is 441. The zero-order valence-electron chi connectivity index (χ0n) is 11.1. The summed E-state index contributed by atoms with van der Waals surface area (Å²) in [4.78, 5) is 10.5. The van der Waals surface area contributed by atoms with Crippen molar-refractivity contribution in [2.24, 2.45) is 0 Å². The molecule has 1 rings (SSSR count).